The number of benzene rings is 2. The average Bonchev–Trinajstić information content (AvgIpc) is 3.53. The molecule has 9 heteroatoms. The highest BCUT2D eigenvalue weighted by Gasteiger charge is 2.47. The molecule has 8 nitrogen and oxygen atoms in total. The minimum atomic E-state index is -0.652. The molecule has 0 amide bonds. The fourth-order valence-electron chi connectivity index (χ4n) is 6.87. The Morgan fingerprint density at radius 1 is 1.20 bits per heavy atom. The third-order valence-corrected chi connectivity index (χ3v) is 10.1. The third-order valence-electron chi connectivity index (χ3n) is 9.15. The van der Waals surface area contributed by atoms with Gasteiger partial charge < -0.3 is 19.5 Å². The van der Waals surface area contributed by atoms with Crippen LogP contribution in [0.1, 0.15) is 35.1 Å². The van der Waals surface area contributed by atoms with Crippen molar-refractivity contribution in [3.8, 4) is 23.1 Å². The summed E-state index contributed by atoms with van der Waals surface area (Å²) in [4.78, 5) is 21.4. The van der Waals surface area contributed by atoms with Crippen molar-refractivity contribution in [1.29, 1.82) is 5.26 Å². The summed E-state index contributed by atoms with van der Waals surface area (Å²) in [5.41, 5.74) is 5.54. The van der Waals surface area contributed by atoms with Gasteiger partial charge in [0.25, 0.3) is 0 Å². The minimum Gasteiger partial charge on any atom is -0.488 e. The number of nitriles is 1. The van der Waals surface area contributed by atoms with Crippen LogP contribution in [0.5, 0.6) is 5.75 Å². The molecule has 0 spiro atoms. The fraction of sp³-hybridized carbons (Fsp3) is 0.452. The lowest BCUT2D eigenvalue weighted by molar-refractivity contribution is -0.217. The predicted octanol–water partition coefficient (Wildman–Crippen LogP) is 4.70. The van der Waals surface area contributed by atoms with Gasteiger partial charge in [0.2, 0.25) is 0 Å². The van der Waals surface area contributed by atoms with Crippen molar-refractivity contribution in [3.05, 3.63) is 64.0 Å². The number of morpholine rings is 1. The molecule has 0 radical (unpaired) electrons. The minimum absolute atomic E-state index is 0.192. The van der Waals surface area contributed by atoms with Gasteiger partial charge in [-0.1, -0.05) is 23.8 Å². The molecule has 3 aliphatic heterocycles. The van der Waals surface area contributed by atoms with E-state index in [0.29, 0.717) is 24.3 Å². The highest BCUT2D eigenvalue weighted by molar-refractivity contribution is 7.14. The number of carboxylic acid groups (broad SMARTS) is 1. The Labute approximate surface area is 237 Å². The van der Waals surface area contributed by atoms with E-state index in [-0.39, 0.29) is 17.8 Å². The van der Waals surface area contributed by atoms with Crippen LogP contribution in [-0.2, 0) is 22.7 Å². The first kappa shape index (κ1) is 25.5. The quantitative estimate of drug-likeness (QED) is 0.426. The van der Waals surface area contributed by atoms with E-state index >= 15 is 0 Å². The number of ether oxygens (including phenoxy) is 2. The Balaban J connectivity index is 1.06. The van der Waals surface area contributed by atoms with E-state index in [2.05, 4.69) is 40.3 Å². The molecule has 5 atom stereocenters. The van der Waals surface area contributed by atoms with E-state index in [4.69, 9.17) is 14.5 Å². The number of rotatable bonds is 8. The van der Waals surface area contributed by atoms with Crippen LogP contribution >= 0.6 is 11.3 Å². The van der Waals surface area contributed by atoms with E-state index in [1.807, 2.05) is 24.3 Å². The van der Waals surface area contributed by atoms with Crippen molar-refractivity contribution in [2.75, 3.05) is 31.1 Å². The number of hydrogen-bond donors (Lipinski definition) is 1. The number of carboxylic acids is 1. The molecule has 4 fully saturated rings. The summed E-state index contributed by atoms with van der Waals surface area (Å²) in [6.07, 6.45) is 2.36. The second-order valence-electron chi connectivity index (χ2n) is 11.6. The maximum Gasteiger partial charge on any atom is 0.307 e. The maximum absolute atomic E-state index is 11.8. The van der Waals surface area contributed by atoms with Crippen molar-refractivity contribution in [3.63, 3.8) is 0 Å². The van der Waals surface area contributed by atoms with Gasteiger partial charge in [0.1, 0.15) is 12.4 Å². The molecule has 2 bridgehead atoms. The molecule has 7 rings (SSSR count). The van der Waals surface area contributed by atoms with E-state index in [0.717, 1.165) is 84.5 Å². The average molecular weight is 557 g/mol. The van der Waals surface area contributed by atoms with Gasteiger partial charge in [0, 0.05) is 42.7 Å². The molecule has 4 aliphatic rings. The number of likely N-dealkylation sites (tertiary alicyclic amines) is 1. The SMILES string of the molecule is Cc1ccc(OCc2ccc(CN3C[C@H]4OCC43)cc2C#N)c(-c2csc(N3C[C@H]4CC[C@@H](C3)C4C(=O)O)n2)c1. The van der Waals surface area contributed by atoms with Crippen LogP contribution in [0.2, 0.25) is 0 Å². The van der Waals surface area contributed by atoms with Crippen molar-refractivity contribution < 1.29 is 19.4 Å². The Bertz CT molecular complexity index is 1480. The highest BCUT2D eigenvalue weighted by Crippen LogP contribution is 2.44. The number of aryl methyl sites for hydroxylation is 1. The van der Waals surface area contributed by atoms with Gasteiger partial charge in [0.05, 0.1) is 42.0 Å². The van der Waals surface area contributed by atoms with E-state index in [1.165, 1.54) is 0 Å². The highest BCUT2D eigenvalue weighted by atomic mass is 32.1. The summed E-state index contributed by atoms with van der Waals surface area (Å²) < 4.78 is 11.8. The Morgan fingerprint density at radius 2 is 2.02 bits per heavy atom. The Hall–Kier alpha value is -3.45. The van der Waals surface area contributed by atoms with Crippen LogP contribution < -0.4 is 9.64 Å². The molecule has 1 aliphatic carbocycles. The number of fused-ring (bicyclic) bond motifs is 3. The molecular formula is C31H32N4O4S. The van der Waals surface area contributed by atoms with Crippen molar-refractivity contribution in [2.45, 2.75) is 45.1 Å². The molecule has 3 saturated heterocycles. The molecular weight excluding hydrogens is 524 g/mol. The monoisotopic (exact) mass is 556 g/mol. The first-order chi connectivity index (χ1) is 19.5. The zero-order valence-corrected chi connectivity index (χ0v) is 23.3. The standard InChI is InChI=1S/C31H32N4O4S/c1-18-2-7-27(38-15-22-4-3-19(9-23(22)10-32)11-34-14-28-26(34)16-39-28)24(8-18)25-17-40-31(33-25)35-12-20-5-6-21(13-35)29(20)30(36)37/h2-4,7-9,17,20-21,26,28-29H,5-6,11-16H2,1H3,(H,36,37)/t20-,21+,26?,28-,29?/m1/s1. The number of carbonyl (C=O) groups is 1. The van der Waals surface area contributed by atoms with Crippen LogP contribution in [-0.4, -0.2) is 59.3 Å². The summed E-state index contributed by atoms with van der Waals surface area (Å²) in [6.45, 7) is 6.46. The lowest BCUT2D eigenvalue weighted by Gasteiger charge is -2.55. The van der Waals surface area contributed by atoms with Gasteiger partial charge in [-0.15, -0.1) is 11.3 Å². The number of nitrogens with zero attached hydrogens (tertiary/aromatic N) is 4. The van der Waals surface area contributed by atoms with Gasteiger partial charge in [-0.05, 0) is 55.4 Å². The van der Waals surface area contributed by atoms with Crippen molar-refractivity contribution in [2.24, 2.45) is 17.8 Å². The maximum atomic E-state index is 11.8. The molecule has 206 valence electrons. The van der Waals surface area contributed by atoms with Crippen molar-refractivity contribution in [1.82, 2.24) is 9.88 Å². The summed E-state index contributed by atoms with van der Waals surface area (Å²) in [7, 11) is 0. The second kappa shape index (κ2) is 10.2. The Kier molecular flexibility index (Phi) is 6.50. The topological polar surface area (TPSA) is 98.9 Å². The number of anilines is 1. The molecule has 40 heavy (non-hydrogen) atoms. The number of aliphatic carboxylic acids is 1. The van der Waals surface area contributed by atoms with Crippen LogP contribution in [0.4, 0.5) is 5.13 Å². The number of hydrogen-bond acceptors (Lipinski definition) is 8. The molecule has 1 aromatic heterocycles. The van der Waals surface area contributed by atoms with Crippen LogP contribution in [0.3, 0.4) is 0 Å². The number of thiazole rings is 1. The second-order valence-corrected chi connectivity index (χ2v) is 12.5. The largest absolute Gasteiger partial charge is 0.488 e. The van der Waals surface area contributed by atoms with Crippen LogP contribution in [0.15, 0.2) is 41.8 Å². The van der Waals surface area contributed by atoms with E-state index in [1.54, 1.807) is 11.3 Å². The first-order valence-corrected chi connectivity index (χ1v) is 14.9. The lowest BCUT2D eigenvalue weighted by Crippen LogP contribution is -2.69. The van der Waals surface area contributed by atoms with E-state index in [9.17, 15) is 15.2 Å². The van der Waals surface area contributed by atoms with Gasteiger partial charge in [0.15, 0.2) is 5.13 Å². The van der Waals surface area contributed by atoms with Crippen LogP contribution in [0.25, 0.3) is 11.3 Å². The van der Waals surface area contributed by atoms with Crippen molar-refractivity contribution >= 4 is 22.4 Å². The zero-order chi connectivity index (χ0) is 27.4. The molecule has 1 saturated carbocycles. The van der Waals surface area contributed by atoms with Gasteiger partial charge >= 0.3 is 5.97 Å². The zero-order valence-electron chi connectivity index (χ0n) is 22.5. The summed E-state index contributed by atoms with van der Waals surface area (Å²) in [5.74, 6) is 0.243. The molecule has 4 heterocycles. The number of aromatic nitrogens is 1. The molecule has 1 N–H and O–H groups in total. The fourth-order valence-corrected chi connectivity index (χ4v) is 7.72. The van der Waals surface area contributed by atoms with Crippen LogP contribution in [0, 0.1) is 36.0 Å². The normalized spacial score (nSPS) is 26.9. The van der Waals surface area contributed by atoms with Gasteiger partial charge in [-0.25, -0.2) is 4.98 Å². The van der Waals surface area contributed by atoms with E-state index < -0.39 is 5.97 Å². The summed E-state index contributed by atoms with van der Waals surface area (Å²) in [5, 5.41) is 22.5. The summed E-state index contributed by atoms with van der Waals surface area (Å²) in [6, 6.07) is 15.1. The Morgan fingerprint density at radius 3 is 2.70 bits per heavy atom. The van der Waals surface area contributed by atoms with Gasteiger partial charge in [-0.2, -0.15) is 5.26 Å². The molecule has 2 unspecified atom stereocenters. The van der Waals surface area contributed by atoms with Gasteiger partial charge in [-0.3, -0.25) is 9.69 Å². The third kappa shape index (κ3) is 4.54. The molecule has 3 aromatic rings. The first-order valence-electron chi connectivity index (χ1n) is 14.0. The molecule has 2 aromatic carbocycles. The smallest absolute Gasteiger partial charge is 0.307 e. The summed E-state index contributed by atoms with van der Waals surface area (Å²) >= 11 is 1.60. The predicted molar refractivity (Wildman–Crippen MR) is 151 cm³/mol. The number of piperidine rings is 1. The lowest BCUT2D eigenvalue weighted by atomic mass is 9.85.